The Morgan fingerprint density at radius 1 is 1.00 bits per heavy atom. The molecule has 3 aromatic rings. The molecule has 0 radical (unpaired) electrons. The van der Waals surface area contributed by atoms with Crippen LogP contribution in [0, 0.1) is 0 Å². The van der Waals surface area contributed by atoms with Crippen LogP contribution < -0.4 is 10.5 Å². The van der Waals surface area contributed by atoms with Crippen molar-refractivity contribution in [2.45, 2.75) is 44.2 Å². The molecule has 1 aliphatic rings. The van der Waals surface area contributed by atoms with Crippen LogP contribution in [0.15, 0.2) is 59.1 Å². The first-order chi connectivity index (χ1) is 12.6. The maximum atomic E-state index is 6.39. The lowest BCUT2D eigenvalue weighted by molar-refractivity contribution is 0.175. The molecule has 2 N–H and O–H groups in total. The minimum Gasteiger partial charge on any atom is -0.481 e. The number of nitrogens with zero attached hydrogens (tertiary/aromatic N) is 2. The Morgan fingerprint density at radius 2 is 1.63 bits per heavy atom. The molecule has 142 valence electrons. The van der Waals surface area contributed by atoms with Crippen molar-refractivity contribution >= 4 is 12.4 Å². The highest BCUT2D eigenvalue weighted by Crippen LogP contribution is 2.35. The Bertz CT molecular complexity index is 859. The van der Waals surface area contributed by atoms with E-state index in [-0.39, 0.29) is 18.5 Å². The van der Waals surface area contributed by atoms with Gasteiger partial charge in [-0.2, -0.15) is 4.98 Å². The van der Waals surface area contributed by atoms with E-state index < -0.39 is 5.54 Å². The van der Waals surface area contributed by atoms with Crippen LogP contribution in [0.1, 0.15) is 50.4 Å². The predicted octanol–water partition coefficient (Wildman–Crippen LogP) is 5.03. The first-order valence-electron chi connectivity index (χ1n) is 9.09. The smallest absolute Gasteiger partial charge is 0.267 e. The largest absolute Gasteiger partial charge is 0.481 e. The predicted molar refractivity (Wildman–Crippen MR) is 107 cm³/mol. The van der Waals surface area contributed by atoms with Crippen molar-refractivity contribution in [3.63, 3.8) is 0 Å². The zero-order valence-corrected chi connectivity index (χ0v) is 16.1. The maximum Gasteiger partial charge on any atom is 0.267 e. The molecule has 1 aliphatic carbocycles. The number of hydrogen-bond donors (Lipinski definition) is 1. The van der Waals surface area contributed by atoms with Gasteiger partial charge in [0, 0.05) is 0 Å². The van der Waals surface area contributed by atoms with Gasteiger partial charge < -0.3 is 15.0 Å². The fourth-order valence-corrected chi connectivity index (χ4v) is 3.44. The summed E-state index contributed by atoms with van der Waals surface area (Å²) in [6.45, 7) is 1.90. The highest BCUT2D eigenvalue weighted by atomic mass is 35.5. The van der Waals surface area contributed by atoms with Crippen molar-refractivity contribution in [2.75, 3.05) is 0 Å². The average Bonchev–Trinajstić information content (AvgIpc) is 3.33. The topological polar surface area (TPSA) is 74.2 Å². The van der Waals surface area contributed by atoms with Gasteiger partial charge >= 0.3 is 0 Å². The lowest BCUT2D eigenvalue weighted by atomic mass is 9.99. The third-order valence-electron chi connectivity index (χ3n) is 5.00. The summed E-state index contributed by atoms with van der Waals surface area (Å²) in [7, 11) is 0. The van der Waals surface area contributed by atoms with Crippen LogP contribution in [0.5, 0.6) is 5.75 Å². The van der Waals surface area contributed by atoms with Crippen LogP contribution in [0.25, 0.3) is 11.1 Å². The van der Waals surface area contributed by atoms with Gasteiger partial charge in [0.2, 0.25) is 0 Å². The molecule has 1 unspecified atom stereocenters. The Labute approximate surface area is 165 Å². The normalized spacial score (nSPS) is 16.5. The molecule has 5 nitrogen and oxygen atoms in total. The van der Waals surface area contributed by atoms with E-state index in [9.17, 15) is 0 Å². The molecule has 0 aliphatic heterocycles. The molecule has 1 fully saturated rings. The van der Waals surface area contributed by atoms with Gasteiger partial charge in [-0.3, -0.25) is 0 Å². The molecule has 1 heterocycles. The zero-order valence-electron chi connectivity index (χ0n) is 15.3. The van der Waals surface area contributed by atoms with Crippen molar-refractivity contribution in [1.82, 2.24) is 10.1 Å². The first kappa shape index (κ1) is 19.4. The number of ether oxygens (including phenoxy) is 1. The molecule has 1 aromatic heterocycles. The van der Waals surface area contributed by atoms with E-state index in [0.29, 0.717) is 11.7 Å². The number of halogens is 1. The van der Waals surface area contributed by atoms with Crippen molar-refractivity contribution in [3.8, 4) is 16.9 Å². The molecular weight excluding hydrogens is 362 g/mol. The van der Waals surface area contributed by atoms with Gasteiger partial charge in [-0.25, -0.2) is 0 Å². The summed E-state index contributed by atoms with van der Waals surface area (Å²) in [6, 6.07) is 18.3. The lowest BCUT2D eigenvalue weighted by Gasteiger charge is -2.17. The van der Waals surface area contributed by atoms with Crippen LogP contribution in [-0.2, 0) is 5.54 Å². The summed E-state index contributed by atoms with van der Waals surface area (Å²) < 4.78 is 11.4. The van der Waals surface area contributed by atoms with Gasteiger partial charge in [0.25, 0.3) is 5.89 Å². The third-order valence-corrected chi connectivity index (χ3v) is 5.00. The SMILES string of the molecule is CC(Oc1ccc(-c2ccccc2)cc1)c1nc(C2(N)CCCC2)no1.Cl. The van der Waals surface area contributed by atoms with Crippen molar-refractivity contribution in [3.05, 3.63) is 66.3 Å². The third kappa shape index (κ3) is 4.15. The highest BCUT2D eigenvalue weighted by molar-refractivity contribution is 5.85. The van der Waals surface area contributed by atoms with Gasteiger partial charge in [-0.15, -0.1) is 12.4 Å². The molecule has 0 amide bonds. The average molecular weight is 386 g/mol. The number of aromatic nitrogens is 2. The molecule has 0 bridgehead atoms. The lowest BCUT2D eigenvalue weighted by Crippen LogP contribution is -2.34. The monoisotopic (exact) mass is 385 g/mol. The number of hydrogen-bond acceptors (Lipinski definition) is 5. The second-order valence-electron chi connectivity index (χ2n) is 6.97. The highest BCUT2D eigenvalue weighted by Gasteiger charge is 2.36. The van der Waals surface area contributed by atoms with Crippen LogP contribution in [0.3, 0.4) is 0 Å². The zero-order chi connectivity index (χ0) is 18.0. The fraction of sp³-hybridized carbons (Fsp3) is 0.333. The van der Waals surface area contributed by atoms with Crippen LogP contribution >= 0.6 is 12.4 Å². The van der Waals surface area contributed by atoms with E-state index in [0.717, 1.165) is 37.0 Å². The minimum absolute atomic E-state index is 0. The van der Waals surface area contributed by atoms with E-state index >= 15 is 0 Å². The quantitative estimate of drug-likeness (QED) is 0.666. The summed E-state index contributed by atoms with van der Waals surface area (Å²) in [6.07, 6.45) is 3.70. The maximum absolute atomic E-state index is 6.39. The molecular formula is C21H24ClN3O2. The van der Waals surface area contributed by atoms with Crippen molar-refractivity contribution in [2.24, 2.45) is 5.73 Å². The van der Waals surface area contributed by atoms with Crippen molar-refractivity contribution < 1.29 is 9.26 Å². The summed E-state index contributed by atoms with van der Waals surface area (Å²) in [5, 5.41) is 4.10. The van der Waals surface area contributed by atoms with Gasteiger partial charge in [0.1, 0.15) is 5.75 Å². The van der Waals surface area contributed by atoms with E-state index in [2.05, 4.69) is 22.3 Å². The number of nitrogens with two attached hydrogens (primary N) is 1. The van der Waals surface area contributed by atoms with E-state index in [1.807, 2.05) is 49.4 Å². The Morgan fingerprint density at radius 3 is 2.30 bits per heavy atom. The Kier molecular flexibility index (Phi) is 5.82. The number of benzene rings is 2. The molecule has 1 saturated carbocycles. The van der Waals surface area contributed by atoms with E-state index in [4.69, 9.17) is 15.0 Å². The van der Waals surface area contributed by atoms with Crippen LogP contribution in [0.2, 0.25) is 0 Å². The molecule has 1 atom stereocenters. The van der Waals surface area contributed by atoms with Gasteiger partial charge in [0.05, 0.1) is 5.54 Å². The van der Waals surface area contributed by atoms with E-state index in [1.54, 1.807) is 0 Å². The molecule has 2 aromatic carbocycles. The van der Waals surface area contributed by atoms with Gasteiger partial charge in [-0.1, -0.05) is 60.5 Å². The summed E-state index contributed by atoms with van der Waals surface area (Å²) >= 11 is 0. The standard InChI is InChI=1S/C21H23N3O2.ClH/c1-15(19-23-20(24-26-19)21(22)13-5-6-14-21)25-18-11-9-17(10-12-18)16-7-3-2-4-8-16;/h2-4,7-12,15H,5-6,13-14,22H2,1H3;1H. The summed E-state index contributed by atoms with van der Waals surface area (Å²) in [5.74, 6) is 1.82. The van der Waals surface area contributed by atoms with Gasteiger partial charge in [-0.05, 0) is 43.0 Å². The fourth-order valence-electron chi connectivity index (χ4n) is 3.44. The molecule has 0 spiro atoms. The minimum atomic E-state index is -0.446. The van der Waals surface area contributed by atoms with Crippen molar-refractivity contribution in [1.29, 1.82) is 0 Å². The summed E-state index contributed by atoms with van der Waals surface area (Å²) in [4.78, 5) is 4.50. The second-order valence-corrected chi connectivity index (χ2v) is 6.97. The summed E-state index contributed by atoms with van der Waals surface area (Å²) in [5.41, 5.74) is 8.28. The molecule has 4 rings (SSSR count). The Hall–Kier alpha value is -2.37. The number of rotatable bonds is 5. The van der Waals surface area contributed by atoms with Crippen LogP contribution in [-0.4, -0.2) is 10.1 Å². The van der Waals surface area contributed by atoms with Gasteiger partial charge in [0.15, 0.2) is 11.9 Å². The second kappa shape index (κ2) is 8.11. The van der Waals surface area contributed by atoms with Crippen LogP contribution in [0.4, 0.5) is 0 Å². The molecule has 0 saturated heterocycles. The molecule has 6 heteroatoms. The first-order valence-corrected chi connectivity index (χ1v) is 9.09. The molecule has 27 heavy (non-hydrogen) atoms. The van der Waals surface area contributed by atoms with E-state index in [1.165, 1.54) is 5.56 Å². The Balaban J connectivity index is 0.00000210.